The lowest BCUT2D eigenvalue weighted by molar-refractivity contribution is 0.145. The largest absolute Gasteiger partial charge is 0.491 e. The van der Waals surface area contributed by atoms with E-state index >= 15 is 0 Å². The molecule has 0 amide bonds. The normalized spacial score (nSPS) is 24.3. The van der Waals surface area contributed by atoms with Crippen LogP contribution in [0.15, 0.2) is 12.1 Å². The minimum absolute atomic E-state index is 0.000888. The van der Waals surface area contributed by atoms with Gasteiger partial charge >= 0.3 is 0 Å². The van der Waals surface area contributed by atoms with Crippen molar-refractivity contribution in [2.75, 3.05) is 13.2 Å². The molecule has 0 unspecified atom stereocenters. The fourth-order valence-electron chi connectivity index (χ4n) is 5.05. The number of ether oxygens (including phenoxy) is 2. The Morgan fingerprint density at radius 1 is 0.857 bits per heavy atom. The van der Waals surface area contributed by atoms with Gasteiger partial charge in [-0.2, -0.15) is 8.78 Å². The summed E-state index contributed by atoms with van der Waals surface area (Å²) < 4.78 is 38.9. The Bertz CT molecular complexity index is 609. The van der Waals surface area contributed by atoms with E-state index in [0.29, 0.717) is 19.1 Å². The Labute approximate surface area is 170 Å². The van der Waals surface area contributed by atoms with E-state index in [1.165, 1.54) is 62.4 Å². The highest BCUT2D eigenvalue weighted by Gasteiger charge is 2.31. The van der Waals surface area contributed by atoms with E-state index in [1.54, 1.807) is 6.92 Å². The molecule has 1 aliphatic carbocycles. The van der Waals surface area contributed by atoms with Gasteiger partial charge < -0.3 is 9.47 Å². The van der Waals surface area contributed by atoms with E-state index in [9.17, 15) is 8.78 Å². The molecule has 1 saturated carbocycles. The Morgan fingerprint density at radius 3 is 2.00 bits per heavy atom. The fourth-order valence-corrected chi connectivity index (χ4v) is 8.06. The van der Waals surface area contributed by atoms with Crippen molar-refractivity contribution in [2.24, 2.45) is 17.8 Å². The summed E-state index contributed by atoms with van der Waals surface area (Å²) in [5.74, 6) is 0.320. The minimum atomic E-state index is -0.954. The second-order valence-electron chi connectivity index (χ2n) is 8.55. The standard InChI is InChI=1S/C23H35F2O2Si/c1-3-13-28-14-11-19(12-15-28)18-7-5-17(6-8-18)16-27-21-10-9-20(26-4-2)22(24)23(21)25/h9-10,17-19H,3-8,11-16H2,1-2H3. The Morgan fingerprint density at radius 2 is 1.43 bits per heavy atom. The molecular weight excluding hydrogens is 374 g/mol. The molecule has 1 aliphatic heterocycles. The molecule has 3 rings (SSSR count). The first kappa shape index (κ1) is 21.6. The molecule has 0 atom stereocenters. The van der Waals surface area contributed by atoms with Gasteiger partial charge in [-0.25, -0.2) is 0 Å². The molecule has 2 aliphatic rings. The smallest absolute Gasteiger partial charge is 0.204 e. The molecule has 1 radical (unpaired) electrons. The lowest BCUT2D eigenvalue weighted by Gasteiger charge is -2.37. The quantitative estimate of drug-likeness (QED) is 0.436. The van der Waals surface area contributed by atoms with Crippen LogP contribution in [0.4, 0.5) is 8.78 Å². The van der Waals surface area contributed by atoms with E-state index < -0.39 is 11.6 Å². The number of rotatable bonds is 8. The summed E-state index contributed by atoms with van der Waals surface area (Å²) in [5.41, 5.74) is 0. The summed E-state index contributed by atoms with van der Waals surface area (Å²) in [7, 11) is -0.0280. The molecule has 0 spiro atoms. The zero-order valence-electron chi connectivity index (χ0n) is 17.4. The molecule has 1 heterocycles. The number of halogens is 2. The first-order valence-corrected chi connectivity index (χ1v) is 13.3. The molecule has 1 saturated heterocycles. The average molecular weight is 410 g/mol. The molecule has 28 heavy (non-hydrogen) atoms. The Kier molecular flexibility index (Phi) is 8.19. The van der Waals surface area contributed by atoms with E-state index in [2.05, 4.69) is 6.92 Å². The summed E-state index contributed by atoms with van der Waals surface area (Å²) in [6, 6.07) is 7.48. The third kappa shape index (κ3) is 5.49. The van der Waals surface area contributed by atoms with Crippen molar-refractivity contribution in [3.63, 3.8) is 0 Å². The maximum absolute atomic E-state index is 14.2. The maximum atomic E-state index is 14.2. The van der Waals surface area contributed by atoms with Gasteiger partial charge in [-0.05, 0) is 62.5 Å². The van der Waals surface area contributed by atoms with Crippen LogP contribution in [-0.4, -0.2) is 22.0 Å². The molecule has 0 aromatic heterocycles. The lowest BCUT2D eigenvalue weighted by atomic mass is 9.74. The molecule has 1 aromatic rings. The molecule has 2 fully saturated rings. The van der Waals surface area contributed by atoms with Crippen LogP contribution in [0.1, 0.15) is 58.8 Å². The number of benzene rings is 1. The van der Waals surface area contributed by atoms with Gasteiger partial charge in [0.15, 0.2) is 11.5 Å². The van der Waals surface area contributed by atoms with Crippen LogP contribution >= 0.6 is 0 Å². The molecule has 0 bridgehead atoms. The molecule has 1 aromatic carbocycles. The van der Waals surface area contributed by atoms with E-state index in [-0.39, 0.29) is 20.3 Å². The zero-order chi connectivity index (χ0) is 19.9. The minimum Gasteiger partial charge on any atom is -0.491 e. The summed E-state index contributed by atoms with van der Waals surface area (Å²) in [6.45, 7) is 4.85. The van der Waals surface area contributed by atoms with Gasteiger partial charge in [0, 0.05) is 8.80 Å². The summed E-state index contributed by atoms with van der Waals surface area (Å²) in [5, 5.41) is 0. The van der Waals surface area contributed by atoms with Gasteiger partial charge in [0.25, 0.3) is 0 Å². The van der Waals surface area contributed by atoms with Crippen molar-refractivity contribution in [3.05, 3.63) is 23.8 Å². The Hall–Kier alpha value is -1.10. The highest BCUT2D eigenvalue weighted by atomic mass is 28.3. The second-order valence-corrected chi connectivity index (χ2v) is 11.6. The average Bonchev–Trinajstić information content (AvgIpc) is 2.72. The van der Waals surface area contributed by atoms with Crippen LogP contribution in [0.3, 0.4) is 0 Å². The SMILES string of the molecule is CCC[Si]1CCC(C2CCC(COc3ccc(OCC)c(F)c3F)CC2)CC1. The lowest BCUT2D eigenvalue weighted by Crippen LogP contribution is -2.29. The van der Waals surface area contributed by atoms with Crippen LogP contribution in [0, 0.1) is 29.4 Å². The van der Waals surface area contributed by atoms with E-state index in [1.807, 2.05) is 0 Å². The fraction of sp³-hybridized carbons (Fsp3) is 0.739. The van der Waals surface area contributed by atoms with Crippen molar-refractivity contribution in [1.29, 1.82) is 0 Å². The molecule has 157 valence electrons. The highest BCUT2D eigenvalue weighted by Crippen LogP contribution is 2.41. The third-order valence-corrected chi connectivity index (χ3v) is 9.88. The topological polar surface area (TPSA) is 18.5 Å². The molecule has 2 nitrogen and oxygen atoms in total. The first-order chi connectivity index (χ1) is 13.6. The maximum Gasteiger partial charge on any atom is 0.204 e. The predicted octanol–water partition coefficient (Wildman–Crippen LogP) is 6.86. The van der Waals surface area contributed by atoms with Crippen molar-refractivity contribution in [3.8, 4) is 11.5 Å². The van der Waals surface area contributed by atoms with Crippen molar-refractivity contribution < 1.29 is 18.3 Å². The van der Waals surface area contributed by atoms with Crippen LogP contribution in [0.5, 0.6) is 11.5 Å². The highest BCUT2D eigenvalue weighted by molar-refractivity contribution is 6.58. The zero-order valence-corrected chi connectivity index (χ0v) is 18.4. The van der Waals surface area contributed by atoms with Gasteiger partial charge in [-0.1, -0.05) is 44.3 Å². The van der Waals surface area contributed by atoms with Gasteiger partial charge in [-0.3, -0.25) is 0 Å². The van der Waals surface area contributed by atoms with Gasteiger partial charge in [0.2, 0.25) is 11.6 Å². The van der Waals surface area contributed by atoms with Gasteiger partial charge in [0.05, 0.1) is 13.2 Å². The van der Waals surface area contributed by atoms with Gasteiger partial charge in [0.1, 0.15) is 0 Å². The van der Waals surface area contributed by atoms with Crippen LogP contribution < -0.4 is 9.47 Å². The van der Waals surface area contributed by atoms with Crippen molar-refractivity contribution in [2.45, 2.75) is 76.9 Å². The summed E-state index contributed by atoms with van der Waals surface area (Å²) in [4.78, 5) is 0. The Balaban J connectivity index is 1.42. The monoisotopic (exact) mass is 409 g/mol. The van der Waals surface area contributed by atoms with E-state index in [4.69, 9.17) is 9.47 Å². The van der Waals surface area contributed by atoms with E-state index in [0.717, 1.165) is 24.7 Å². The predicted molar refractivity (Wildman–Crippen MR) is 112 cm³/mol. The third-order valence-electron chi connectivity index (χ3n) is 6.68. The van der Waals surface area contributed by atoms with Crippen LogP contribution in [0.25, 0.3) is 0 Å². The first-order valence-electron chi connectivity index (χ1n) is 11.2. The molecular formula is C23H35F2O2Si. The van der Waals surface area contributed by atoms with Crippen LogP contribution in [0.2, 0.25) is 18.1 Å². The van der Waals surface area contributed by atoms with Crippen molar-refractivity contribution in [1.82, 2.24) is 0 Å². The molecule has 0 N–H and O–H groups in total. The summed E-state index contributed by atoms with van der Waals surface area (Å²) >= 11 is 0. The summed E-state index contributed by atoms with van der Waals surface area (Å²) in [6.07, 6.45) is 9.12. The van der Waals surface area contributed by atoms with Crippen molar-refractivity contribution >= 4 is 8.80 Å². The number of hydrogen-bond acceptors (Lipinski definition) is 2. The molecule has 5 heteroatoms. The number of hydrogen-bond donors (Lipinski definition) is 0. The van der Waals surface area contributed by atoms with Crippen LogP contribution in [-0.2, 0) is 0 Å². The second kappa shape index (κ2) is 10.6. The van der Waals surface area contributed by atoms with Gasteiger partial charge in [-0.15, -0.1) is 0 Å².